The summed E-state index contributed by atoms with van der Waals surface area (Å²) < 4.78 is 16.2. The molecule has 0 aliphatic rings. The molecule has 0 rings (SSSR count). The first kappa shape index (κ1) is 24.8. The number of rotatable bonds is 0. The molecule has 0 aromatic heterocycles. The molecule has 6 heteroatoms. The van der Waals surface area contributed by atoms with E-state index in [4.69, 9.17) is 7.16 Å². The Hall–Kier alpha value is 1.87. The molecular weight excluding hydrogens is 263 g/mol. The Labute approximate surface area is 76.9 Å². The van der Waals surface area contributed by atoms with Crippen LogP contribution in [0.4, 0.5) is 0 Å². The Kier molecular flexibility index (Phi) is 279. The molecule has 0 unspecified atom stereocenters. The molecule has 0 atom stereocenters. The van der Waals surface area contributed by atoms with Crippen molar-refractivity contribution in [1.29, 1.82) is 0 Å². The van der Waals surface area contributed by atoms with Gasteiger partial charge in [-0.3, -0.25) is 0 Å². The molecule has 0 aromatic carbocycles. The molecular formula is Cu2FeO2Ti. The molecule has 0 aliphatic carbocycles. The van der Waals surface area contributed by atoms with Crippen LogP contribution in [-0.4, -0.2) is 0 Å². The molecule has 0 aromatic rings. The number of hydrogen-bond donors (Lipinski definition) is 0. The third-order valence-corrected chi connectivity index (χ3v) is 0. The molecule has 0 bridgehead atoms. The molecule has 0 amide bonds. The van der Waals surface area contributed by atoms with Crippen LogP contribution in [0.3, 0.4) is 0 Å². The molecule has 6 heavy (non-hydrogen) atoms. The third-order valence-electron chi connectivity index (χ3n) is 0. The van der Waals surface area contributed by atoms with Crippen molar-refractivity contribution in [3.05, 3.63) is 0 Å². The van der Waals surface area contributed by atoms with Gasteiger partial charge in [-0.05, 0) is 0 Å². The number of hydrogen-bond acceptors (Lipinski definition) is 2. The second-order valence-corrected chi connectivity index (χ2v) is 0. The van der Waals surface area contributed by atoms with Gasteiger partial charge in [0.25, 0.3) is 0 Å². The standard InChI is InChI=1S/2Cu.Fe.2O.Ti. The van der Waals surface area contributed by atoms with Crippen LogP contribution in [0.15, 0.2) is 0 Å². The van der Waals surface area contributed by atoms with Crippen molar-refractivity contribution < 1.29 is 77.6 Å². The molecule has 0 aliphatic heterocycles. The van der Waals surface area contributed by atoms with Crippen molar-refractivity contribution in [1.82, 2.24) is 0 Å². The summed E-state index contributed by atoms with van der Waals surface area (Å²) in [6.45, 7) is 0. The van der Waals surface area contributed by atoms with Gasteiger partial charge in [0, 0.05) is 34.1 Å². The van der Waals surface area contributed by atoms with Gasteiger partial charge in [0.1, 0.15) is 0 Å². The van der Waals surface area contributed by atoms with Crippen molar-refractivity contribution in [2.24, 2.45) is 0 Å². The van der Waals surface area contributed by atoms with Crippen LogP contribution >= 0.6 is 0 Å². The van der Waals surface area contributed by atoms with Crippen LogP contribution in [-0.2, 0) is 77.6 Å². The Morgan fingerprint density at radius 3 is 1.00 bits per heavy atom. The summed E-state index contributed by atoms with van der Waals surface area (Å²) in [4.78, 5) is 0. The van der Waals surface area contributed by atoms with Gasteiger partial charge in [-0.1, -0.05) is 0 Å². The van der Waals surface area contributed by atoms with Gasteiger partial charge in [0.05, 0.1) is 0 Å². The monoisotopic (exact) mass is 262 g/mol. The quantitative estimate of drug-likeness (QED) is 0.565. The second kappa shape index (κ2) is 67.6. The summed E-state index contributed by atoms with van der Waals surface area (Å²) in [5.74, 6) is 0. The summed E-state index contributed by atoms with van der Waals surface area (Å²) in [5, 5.41) is 0. The maximum atomic E-state index is 8.25. The van der Waals surface area contributed by atoms with Crippen molar-refractivity contribution in [2.75, 3.05) is 0 Å². The van der Waals surface area contributed by atoms with Crippen molar-refractivity contribution in [2.45, 2.75) is 0 Å². The zero-order valence-electron chi connectivity index (χ0n) is 2.27. The summed E-state index contributed by atoms with van der Waals surface area (Å²) in [5.41, 5.74) is 0. The molecule has 0 heterocycles. The second-order valence-electron chi connectivity index (χ2n) is 0. The van der Waals surface area contributed by atoms with Crippen LogP contribution in [0.2, 0.25) is 0 Å². The molecule has 0 N–H and O–H groups in total. The van der Waals surface area contributed by atoms with E-state index in [2.05, 4.69) is 0 Å². The van der Waals surface area contributed by atoms with Crippen molar-refractivity contribution >= 4 is 0 Å². The van der Waals surface area contributed by atoms with Gasteiger partial charge < -0.3 is 0 Å². The van der Waals surface area contributed by atoms with Crippen LogP contribution in [0.5, 0.6) is 0 Å². The van der Waals surface area contributed by atoms with E-state index >= 15 is 0 Å². The van der Waals surface area contributed by atoms with Gasteiger partial charge >= 0.3 is 43.5 Å². The fraction of sp³-hybridized carbons (Fsp3) is 0. The molecule has 2 nitrogen and oxygen atoms in total. The van der Waals surface area contributed by atoms with E-state index in [-0.39, 0.29) is 34.1 Å². The SMILES string of the molecule is [Cu].[Cu].[O]=[Fe].[O]=[Ti]. The average molecular weight is 263 g/mol. The zero-order valence-corrected chi connectivity index (χ0v) is 6.82. The van der Waals surface area contributed by atoms with Gasteiger partial charge in [0.15, 0.2) is 0 Å². The summed E-state index contributed by atoms with van der Waals surface area (Å²) in [6, 6.07) is 0. The molecule has 2 radical (unpaired) electrons. The predicted molar refractivity (Wildman–Crippen MR) is 1.37 cm³/mol. The normalized spacial score (nSPS) is 1.33. The topological polar surface area (TPSA) is 34.1 Å². The van der Waals surface area contributed by atoms with E-state index in [1.165, 1.54) is 0 Å². The zero-order chi connectivity index (χ0) is 4.00. The Morgan fingerprint density at radius 1 is 1.00 bits per heavy atom. The predicted octanol–water partition coefficient (Wildman–Crippen LogP) is -0.248. The summed E-state index contributed by atoms with van der Waals surface area (Å²) in [7, 11) is 0. The third kappa shape index (κ3) is 39.8. The first-order valence-electron chi connectivity index (χ1n) is 0.348. The first-order valence-corrected chi connectivity index (χ1v) is 1.44. The Balaban J connectivity index is -0.00000000500. The fourth-order valence-corrected chi connectivity index (χ4v) is 0. The Morgan fingerprint density at radius 2 is 1.00 bits per heavy atom. The molecule has 0 saturated heterocycles. The van der Waals surface area contributed by atoms with E-state index < -0.39 is 0 Å². The molecule has 0 saturated carbocycles. The van der Waals surface area contributed by atoms with Gasteiger partial charge in [-0.2, -0.15) is 0 Å². The minimum atomic E-state index is 0. The summed E-state index contributed by atoms with van der Waals surface area (Å²) in [6.07, 6.45) is 0. The van der Waals surface area contributed by atoms with Crippen LogP contribution in [0.1, 0.15) is 0 Å². The van der Waals surface area contributed by atoms with E-state index in [1.54, 1.807) is 0 Å². The van der Waals surface area contributed by atoms with Crippen molar-refractivity contribution in [3.8, 4) is 0 Å². The Bertz CT molecular complexity index is 13.5. The van der Waals surface area contributed by atoms with Gasteiger partial charge in [-0.15, -0.1) is 0 Å². The molecule has 0 fully saturated rings. The van der Waals surface area contributed by atoms with E-state index in [0.29, 0.717) is 0 Å². The van der Waals surface area contributed by atoms with E-state index in [9.17, 15) is 0 Å². The average Bonchev–Trinajstić information content (AvgIpc) is 1.50. The maximum absolute atomic E-state index is 8.25. The van der Waals surface area contributed by atoms with Crippen molar-refractivity contribution in [3.63, 3.8) is 0 Å². The van der Waals surface area contributed by atoms with Crippen LogP contribution in [0, 0.1) is 0 Å². The van der Waals surface area contributed by atoms with Gasteiger partial charge in [0.2, 0.25) is 0 Å². The molecule has 46 valence electrons. The summed E-state index contributed by atoms with van der Waals surface area (Å²) >= 11 is 2.75. The van der Waals surface area contributed by atoms with E-state index in [0.717, 1.165) is 20.4 Å². The van der Waals surface area contributed by atoms with E-state index in [1.807, 2.05) is 15.9 Å². The van der Waals surface area contributed by atoms with Gasteiger partial charge in [-0.25, -0.2) is 0 Å². The molecule has 0 spiro atoms. The fourth-order valence-electron chi connectivity index (χ4n) is 0. The first-order chi connectivity index (χ1) is 2.00. The van der Waals surface area contributed by atoms with Crippen LogP contribution < -0.4 is 0 Å². The minimum absolute atomic E-state index is 0. The van der Waals surface area contributed by atoms with Crippen LogP contribution in [0.25, 0.3) is 0 Å².